The maximum atomic E-state index is 12.6. The third-order valence-corrected chi connectivity index (χ3v) is 4.16. The number of rotatable bonds is 2. The van der Waals surface area contributed by atoms with Gasteiger partial charge in [-0.1, -0.05) is 30.3 Å². The zero-order valence-electron chi connectivity index (χ0n) is 12.8. The number of likely N-dealkylation sites (N-methyl/N-ethyl adjacent to an activating group) is 1. The fourth-order valence-corrected chi connectivity index (χ4v) is 2.83. The number of anilines is 2. The van der Waals surface area contributed by atoms with Crippen molar-refractivity contribution in [1.82, 2.24) is 4.90 Å². The Morgan fingerprint density at radius 3 is 2.59 bits per heavy atom. The third-order valence-electron chi connectivity index (χ3n) is 4.16. The minimum Gasteiger partial charge on any atom is -0.399 e. The highest BCUT2D eigenvalue weighted by Crippen LogP contribution is 2.24. The number of nitrogens with zero attached hydrogens (tertiary/aromatic N) is 2. The van der Waals surface area contributed by atoms with Gasteiger partial charge in [0.05, 0.1) is 6.42 Å². The molecular weight excluding hydrogens is 274 g/mol. The van der Waals surface area contributed by atoms with Crippen LogP contribution >= 0.6 is 0 Å². The lowest BCUT2D eigenvalue weighted by molar-refractivity contribution is -0.130. The molecule has 1 heterocycles. The van der Waals surface area contributed by atoms with Crippen LogP contribution in [0.4, 0.5) is 11.4 Å². The van der Waals surface area contributed by atoms with E-state index in [0.717, 1.165) is 24.3 Å². The van der Waals surface area contributed by atoms with Crippen LogP contribution in [0.2, 0.25) is 0 Å². The maximum absolute atomic E-state index is 12.6. The first kappa shape index (κ1) is 14.4. The van der Waals surface area contributed by atoms with Crippen LogP contribution in [0.3, 0.4) is 0 Å². The summed E-state index contributed by atoms with van der Waals surface area (Å²) in [5, 5.41) is 0. The Morgan fingerprint density at radius 2 is 1.82 bits per heavy atom. The number of carbonyl (C=O) groups is 1. The minimum absolute atomic E-state index is 0.162. The predicted octanol–water partition coefficient (Wildman–Crippen LogP) is 2.29. The van der Waals surface area contributed by atoms with Crippen molar-refractivity contribution in [3.8, 4) is 0 Å². The summed E-state index contributed by atoms with van der Waals surface area (Å²) in [7, 11) is 2.08. The Hall–Kier alpha value is -2.49. The highest BCUT2D eigenvalue weighted by molar-refractivity contribution is 5.79. The van der Waals surface area contributed by atoms with Gasteiger partial charge in [0.15, 0.2) is 0 Å². The summed E-state index contributed by atoms with van der Waals surface area (Å²) < 4.78 is 0. The molecule has 1 aliphatic rings. The molecular formula is C18H21N3O. The van der Waals surface area contributed by atoms with Gasteiger partial charge < -0.3 is 15.5 Å². The van der Waals surface area contributed by atoms with E-state index in [-0.39, 0.29) is 5.91 Å². The zero-order valence-corrected chi connectivity index (χ0v) is 12.8. The fourth-order valence-electron chi connectivity index (χ4n) is 2.83. The molecule has 0 radical (unpaired) electrons. The molecule has 2 N–H and O–H groups in total. The molecule has 1 amide bonds. The van der Waals surface area contributed by atoms with Crippen molar-refractivity contribution in [3.63, 3.8) is 0 Å². The van der Waals surface area contributed by atoms with Crippen LogP contribution in [0.25, 0.3) is 0 Å². The van der Waals surface area contributed by atoms with Crippen molar-refractivity contribution >= 4 is 17.3 Å². The van der Waals surface area contributed by atoms with Gasteiger partial charge in [0.2, 0.25) is 5.91 Å². The lowest BCUT2D eigenvalue weighted by Gasteiger charge is -2.21. The van der Waals surface area contributed by atoms with E-state index in [1.54, 1.807) is 0 Å². The quantitative estimate of drug-likeness (QED) is 0.865. The molecule has 0 aliphatic carbocycles. The van der Waals surface area contributed by atoms with Gasteiger partial charge in [0, 0.05) is 38.1 Å². The van der Waals surface area contributed by atoms with Crippen molar-refractivity contribution in [2.45, 2.75) is 13.0 Å². The van der Waals surface area contributed by atoms with E-state index in [1.807, 2.05) is 41.3 Å². The average Bonchev–Trinajstić information content (AvgIpc) is 2.69. The largest absolute Gasteiger partial charge is 0.399 e. The SMILES string of the molecule is CN1CCN(C(=O)Cc2ccc(N)cc2)Cc2ccccc21. The summed E-state index contributed by atoms with van der Waals surface area (Å²) in [5.74, 6) is 0.162. The highest BCUT2D eigenvalue weighted by Gasteiger charge is 2.21. The molecule has 0 atom stereocenters. The second kappa shape index (κ2) is 6.10. The van der Waals surface area contributed by atoms with E-state index in [2.05, 4.69) is 24.1 Å². The fraction of sp³-hybridized carbons (Fsp3) is 0.278. The molecule has 0 unspecified atom stereocenters. The van der Waals surface area contributed by atoms with Crippen LogP contribution < -0.4 is 10.6 Å². The Morgan fingerprint density at radius 1 is 1.09 bits per heavy atom. The number of carbonyl (C=O) groups excluding carboxylic acids is 1. The first-order valence-electron chi connectivity index (χ1n) is 7.55. The minimum atomic E-state index is 0.162. The number of para-hydroxylation sites is 1. The lowest BCUT2D eigenvalue weighted by atomic mass is 10.1. The molecule has 4 heteroatoms. The van der Waals surface area contributed by atoms with Crippen LogP contribution in [0.5, 0.6) is 0 Å². The first-order valence-corrected chi connectivity index (χ1v) is 7.55. The Labute approximate surface area is 131 Å². The van der Waals surface area contributed by atoms with Crippen LogP contribution in [0, 0.1) is 0 Å². The third kappa shape index (κ3) is 3.06. The van der Waals surface area contributed by atoms with E-state index >= 15 is 0 Å². The summed E-state index contributed by atoms with van der Waals surface area (Å²) in [6.45, 7) is 2.28. The van der Waals surface area contributed by atoms with E-state index in [0.29, 0.717) is 13.0 Å². The summed E-state index contributed by atoms with van der Waals surface area (Å²) in [6, 6.07) is 15.8. The van der Waals surface area contributed by atoms with Crippen LogP contribution in [0.1, 0.15) is 11.1 Å². The van der Waals surface area contributed by atoms with Gasteiger partial charge in [-0.05, 0) is 29.3 Å². The standard InChI is InChI=1S/C18H21N3O/c1-20-10-11-21(13-15-4-2-3-5-17(15)20)18(22)12-14-6-8-16(19)9-7-14/h2-9H,10-13,19H2,1H3. The normalized spacial score (nSPS) is 14.4. The Bertz CT molecular complexity index is 666. The van der Waals surface area contributed by atoms with Crippen molar-refractivity contribution in [1.29, 1.82) is 0 Å². The maximum Gasteiger partial charge on any atom is 0.227 e. The predicted molar refractivity (Wildman–Crippen MR) is 89.7 cm³/mol. The molecule has 2 aromatic carbocycles. The van der Waals surface area contributed by atoms with Crippen molar-refractivity contribution in [3.05, 3.63) is 59.7 Å². The topological polar surface area (TPSA) is 49.6 Å². The molecule has 0 saturated carbocycles. The second-order valence-corrected chi connectivity index (χ2v) is 5.78. The number of amides is 1. The van der Waals surface area contributed by atoms with Crippen LogP contribution in [-0.4, -0.2) is 30.9 Å². The van der Waals surface area contributed by atoms with Gasteiger partial charge in [-0.3, -0.25) is 4.79 Å². The molecule has 0 fully saturated rings. The molecule has 4 nitrogen and oxygen atoms in total. The molecule has 0 bridgehead atoms. The lowest BCUT2D eigenvalue weighted by Crippen LogP contribution is -2.35. The number of nitrogen functional groups attached to an aromatic ring is 1. The molecule has 1 aliphatic heterocycles. The highest BCUT2D eigenvalue weighted by atomic mass is 16.2. The Balaban J connectivity index is 1.75. The number of fused-ring (bicyclic) bond motifs is 1. The number of nitrogens with two attached hydrogens (primary N) is 1. The average molecular weight is 295 g/mol. The molecule has 0 spiro atoms. The monoisotopic (exact) mass is 295 g/mol. The van der Waals surface area contributed by atoms with Crippen molar-refractivity contribution in [2.75, 3.05) is 30.8 Å². The second-order valence-electron chi connectivity index (χ2n) is 5.78. The number of hydrogen-bond acceptors (Lipinski definition) is 3. The van der Waals surface area contributed by atoms with Gasteiger partial charge in [0.25, 0.3) is 0 Å². The van der Waals surface area contributed by atoms with Gasteiger partial charge in [-0.15, -0.1) is 0 Å². The number of benzene rings is 2. The smallest absolute Gasteiger partial charge is 0.227 e. The Kier molecular flexibility index (Phi) is 4.00. The van der Waals surface area contributed by atoms with Crippen molar-refractivity contribution < 1.29 is 4.79 Å². The summed E-state index contributed by atoms with van der Waals surface area (Å²) >= 11 is 0. The van der Waals surface area contributed by atoms with E-state index in [9.17, 15) is 4.79 Å². The van der Waals surface area contributed by atoms with E-state index < -0.39 is 0 Å². The molecule has 114 valence electrons. The van der Waals surface area contributed by atoms with Crippen LogP contribution in [-0.2, 0) is 17.8 Å². The van der Waals surface area contributed by atoms with Gasteiger partial charge >= 0.3 is 0 Å². The molecule has 0 aromatic heterocycles. The molecule has 0 saturated heterocycles. The summed E-state index contributed by atoms with van der Waals surface area (Å²) in [4.78, 5) is 16.8. The molecule has 2 aromatic rings. The zero-order chi connectivity index (χ0) is 15.5. The van der Waals surface area contributed by atoms with Crippen molar-refractivity contribution in [2.24, 2.45) is 0 Å². The molecule has 22 heavy (non-hydrogen) atoms. The van der Waals surface area contributed by atoms with Crippen LogP contribution in [0.15, 0.2) is 48.5 Å². The van der Waals surface area contributed by atoms with Gasteiger partial charge in [-0.25, -0.2) is 0 Å². The summed E-state index contributed by atoms with van der Waals surface area (Å²) in [6.07, 6.45) is 0.423. The van der Waals surface area contributed by atoms with E-state index in [1.165, 1.54) is 11.3 Å². The van der Waals surface area contributed by atoms with Gasteiger partial charge in [0.1, 0.15) is 0 Å². The molecule has 3 rings (SSSR count). The van der Waals surface area contributed by atoms with E-state index in [4.69, 9.17) is 5.73 Å². The van der Waals surface area contributed by atoms with Gasteiger partial charge in [-0.2, -0.15) is 0 Å². The number of hydrogen-bond donors (Lipinski definition) is 1. The first-order chi connectivity index (χ1) is 10.6. The summed E-state index contributed by atoms with van der Waals surface area (Å²) in [5.41, 5.74) is 9.83.